The molecule has 0 atom stereocenters. The number of amides is 2. The Kier molecular flexibility index (Phi) is 4.35. The van der Waals surface area contributed by atoms with Crippen molar-refractivity contribution in [1.82, 2.24) is 4.31 Å². The van der Waals surface area contributed by atoms with E-state index in [4.69, 9.17) is 0 Å². The number of likely N-dealkylation sites (N-methyl/N-ethyl adjacent to an activating group) is 1. The van der Waals surface area contributed by atoms with Crippen molar-refractivity contribution in [3.63, 3.8) is 0 Å². The van der Waals surface area contributed by atoms with Crippen LogP contribution in [0, 0.1) is 5.92 Å². The number of nitrogens with zero attached hydrogens (tertiary/aromatic N) is 3. The summed E-state index contributed by atoms with van der Waals surface area (Å²) >= 11 is 0. The van der Waals surface area contributed by atoms with Gasteiger partial charge in [0.05, 0.1) is 17.6 Å². The number of carbonyl (C=O) groups is 2. The first kappa shape index (κ1) is 16.9. The highest BCUT2D eigenvalue weighted by molar-refractivity contribution is 7.88. The van der Waals surface area contributed by atoms with Crippen LogP contribution in [0.3, 0.4) is 0 Å². The largest absolute Gasteiger partial charge is 0.312 e. The van der Waals surface area contributed by atoms with E-state index in [-0.39, 0.29) is 24.3 Å². The summed E-state index contributed by atoms with van der Waals surface area (Å²) in [6.45, 7) is 0.718. The van der Waals surface area contributed by atoms with E-state index in [9.17, 15) is 18.0 Å². The molecule has 2 heterocycles. The van der Waals surface area contributed by atoms with E-state index >= 15 is 0 Å². The lowest BCUT2D eigenvalue weighted by molar-refractivity contribution is -0.126. The minimum Gasteiger partial charge on any atom is -0.312 e. The highest BCUT2D eigenvalue weighted by Gasteiger charge is 2.36. The average molecular weight is 351 g/mol. The Morgan fingerprint density at radius 3 is 2.29 bits per heavy atom. The van der Waals surface area contributed by atoms with Crippen LogP contribution in [0.1, 0.15) is 12.8 Å². The van der Waals surface area contributed by atoms with Crippen LogP contribution in [0.5, 0.6) is 0 Å². The Bertz CT molecular complexity index is 769. The van der Waals surface area contributed by atoms with Gasteiger partial charge in [0.25, 0.3) is 0 Å². The van der Waals surface area contributed by atoms with Gasteiger partial charge in [0.2, 0.25) is 21.8 Å². The smallest absolute Gasteiger partial charge is 0.246 e. The Morgan fingerprint density at radius 1 is 1.12 bits per heavy atom. The first-order valence-electron chi connectivity index (χ1n) is 7.91. The molecule has 0 N–H and O–H groups in total. The third-order valence-corrected chi connectivity index (χ3v) is 6.04. The third-order valence-electron chi connectivity index (χ3n) is 4.74. The lowest BCUT2D eigenvalue weighted by Crippen LogP contribution is -2.50. The zero-order valence-electron chi connectivity index (χ0n) is 13.8. The molecular weight excluding hydrogens is 330 g/mol. The fourth-order valence-corrected chi connectivity index (χ4v) is 4.16. The average Bonchev–Trinajstić information content (AvgIpc) is 2.57. The van der Waals surface area contributed by atoms with Gasteiger partial charge in [0.15, 0.2) is 0 Å². The highest BCUT2D eigenvalue weighted by atomic mass is 32.2. The van der Waals surface area contributed by atoms with Crippen LogP contribution in [0.25, 0.3) is 0 Å². The van der Waals surface area contributed by atoms with Gasteiger partial charge in [-0.05, 0) is 25.0 Å². The van der Waals surface area contributed by atoms with Crippen LogP contribution < -0.4 is 9.80 Å². The minimum absolute atomic E-state index is 0.0264. The summed E-state index contributed by atoms with van der Waals surface area (Å²) < 4.78 is 24.6. The van der Waals surface area contributed by atoms with Crippen molar-refractivity contribution >= 4 is 33.2 Å². The van der Waals surface area contributed by atoms with Crippen LogP contribution in [0.15, 0.2) is 24.3 Å². The number of rotatable bonds is 2. The summed E-state index contributed by atoms with van der Waals surface area (Å²) in [4.78, 5) is 28.2. The number of carbonyl (C=O) groups excluding carboxylic acids is 2. The minimum atomic E-state index is -3.22. The van der Waals surface area contributed by atoms with Gasteiger partial charge in [-0.15, -0.1) is 0 Å². The van der Waals surface area contributed by atoms with Crippen LogP contribution >= 0.6 is 0 Å². The van der Waals surface area contributed by atoms with Crippen molar-refractivity contribution in [3.05, 3.63) is 24.3 Å². The van der Waals surface area contributed by atoms with Gasteiger partial charge in [0.1, 0.15) is 6.54 Å². The van der Waals surface area contributed by atoms with Crippen LogP contribution in [-0.4, -0.2) is 57.5 Å². The first-order chi connectivity index (χ1) is 11.3. The molecule has 3 rings (SSSR count). The first-order valence-corrected chi connectivity index (χ1v) is 9.76. The number of sulfonamides is 1. The van der Waals surface area contributed by atoms with Crippen LogP contribution in [0.4, 0.5) is 11.4 Å². The second-order valence-corrected chi connectivity index (χ2v) is 8.28. The second-order valence-electron chi connectivity index (χ2n) is 6.30. The number of hydrogen-bond donors (Lipinski definition) is 0. The second kappa shape index (κ2) is 6.18. The SMILES string of the molecule is CN1C(=O)CN(C(=O)C2CCN(S(C)(=O)=O)CC2)c2ccccc21. The van der Waals surface area contributed by atoms with Crippen LogP contribution in [0.2, 0.25) is 0 Å². The Balaban J connectivity index is 1.79. The van der Waals surface area contributed by atoms with E-state index < -0.39 is 10.0 Å². The Hall–Kier alpha value is -1.93. The molecule has 24 heavy (non-hydrogen) atoms. The zero-order chi connectivity index (χ0) is 17.5. The number of hydrogen-bond acceptors (Lipinski definition) is 4. The molecule has 7 nitrogen and oxygen atoms in total. The molecule has 0 aromatic heterocycles. The van der Waals surface area contributed by atoms with Crippen molar-refractivity contribution < 1.29 is 18.0 Å². The molecule has 1 aromatic rings. The molecule has 1 saturated heterocycles. The highest BCUT2D eigenvalue weighted by Crippen LogP contribution is 2.34. The molecule has 2 amide bonds. The molecular formula is C16H21N3O4S. The molecule has 0 radical (unpaired) electrons. The molecule has 8 heteroatoms. The van der Waals surface area contributed by atoms with Crippen molar-refractivity contribution in [1.29, 1.82) is 0 Å². The Labute approximate surface area is 141 Å². The van der Waals surface area contributed by atoms with Gasteiger partial charge >= 0.3 is 0 Å². The molecule has 0 aliphatic carbocycles. The van der Waals surface area contributed by atoms with Gasteiger partial charge in [-0.3, -0.25) is 9.59 Å². The molecule has 0 saturated carbocycles. The molecule has 0 spiro atoms. The van der Waals surface area contributed by atoms with Crippen molar-refractivity contribution in [3.8, 4) is 0 Å². The molecule has 0 bridgehead atoms. The molecule has 0 unspecified atom stereocenters. The molecule has 2 aliphatic rings. The number of anilines is 2. The van der Waals surface area contributed by atoms with E-state index in [0.29, 0.717) is 25.9 Å². The van der Waals surface area contributed by atoms with Gasteiger partial charge in [-0.2, -0.15) is 0 Å². The fraction of sp³-hybridized carbons (Fsp3) is 0.500. The number of benzene rings is 1. The van der Waals surface area contributed by atoms with E-state index in [1.807, 2.05) is 24.3 Å². The maximum Gasteiger partial charge on any atom is 0.246 e. The van der Waals surface area contributed by atoms with E-state index in [1.54, 1.807) is 16.8 Å². The van der Waals surface area contributed by atoms with E-state index in [1.165, 1.54) is 10.6 Å². The normalized spacial score (nSPS) is 20.2. The maximum absolute atomic E-state index is 12.9. The van der Waals surface area contributed by atoms with E-state index in [2.05, 4.69) is 0 Å². The van der Waals surface area contributed by atoms with Gasteiger partial charge in [-0.25, -0.2) is 12.7 Å². The van der Waals surface area contributed by atoms with Crippen molar-refractivity contribution in [2.75, 3.05) is 42.7 Å². The van der Waals surface area contributed by atoms with E-state index in [0.717, 1.165) is 11.4 Å². The molecule has 1 fully saturated rings. The van der Waals surface area contributed by atoms with Gasteiger partial charge < -0.3 is 9.80 Å². The fourth-order valence-electron chi connectivity index (χ4n) is 3.29. The standard InChI is InChI=1S/C16H21N3O4S/c1-17-13-5-3-4-6-14(13)19(11-15(17)20)16(21)12-7-9-18(10-8-12)24(2,22)23/h3-6,12H,7-11H2,1-2H3. The molecule has 2 aliphatic heterocycles. The number of piperidine rings is 1. The predicted octanol–water partition coefficient (Wildman–Crippen LogP) is 0.668. The summed E-state index contributed by atoms with van der Waals surface area (Å²) in [5, 5.41) is 0. The molecule has 1 aromatic carbocycles. The van der Waals surface area contributed by atoms with Gasteiger partial charge in [-0.1, -0.05) is 12.1 Å². The summed E-state index contributed by atoms with van der Waals surface area (Å²) in [7, 11) is -1.51. The number of fused-ring (bicyclic) bond motifs is 1. The maximum atomic E-state index is 12.9. The molecule has 130 valence electrons. The lowest BCUT2D eigenvalue weighted by Gasteiger charge is -2.37. The summed E-state index contributed by atoms with van der Waals surface area (Å²) in [6, 6.07) is 7.33. The topological polar surface area (TPSA) is 78.0 Å². The summed E-state index contributed by atoms with van der Waals surface area (Å²) in [5.74, 6) is -0.486. The van der Waals surface area contributed by atoms with Crippen molar-refractivity contribution in [2.24, 2.45) is 5.92 Å². The predicted molar refractivity (Wildman–Crippen MR) is 91.3 cm³/mol. The van der Waals surface area contributed by atoms with Crippen molar-refractivity contribution in [2.45, 2.75) is 12.8 Å². The third kappa shape index (κ3) is 3.03. The van der Waals surface area contributed by atoms with Gasteiger partial charge in [0, 0.05) is 26.1 Å². The monoisotopic (exact) mass is 351 g/mol. The van der Waals surface area contributed by atoms with Crippen LogP contribution in [-0.2, 0) is 19.6 Å². The number of para-hydroxylation sites is 2. The quantitative estimate of drug-likeness (QED) is 0.784. The Morgan fingerprint density at radius 2 is 1.71 bits per heavy atom. The summed E-state index contributed by atoms with van der Waals surface area (Å²) in [6.07, 6.45) is 2.15. The lowest BCUT2D eigenvalue weighted by atomic mass is 9.95. The summed E-state index contributed by atoms with van der Waals surface area (Å²) in [5.41, 5.74) is 1.45. The zero-order valence-corrected chi connectivity index (χ0v) is 14.6.